The van der Waals surface area contributed by atoms with Gasteiger partial charge in [-0.3, -0.25) is 0 Å². The van der Waals surface area contributed by atoms with Crippen molar-refractivity contribution in [3.63, 3.8) is 0 Å². The number of hydrogen-bond donors (Lipinski definition) is 1. The highest BCUT2D eigenvalue weighted by atomic mass is 16.5. The lowest BCUT2D eigenvalue weighted by atomic mass is 9.74. The summed E-state index contributed by atoms with van der Waals surface area (Å²) >= 11 is 0. The van der Waals surface area contributed by atoms with Gasteiger partial charge in [-0.05, 0) is 43.9 Å². The molecule has 0 radical (unpaired) electrons. The second-order valence-electron chi connectivity index (χ2n) is 6.31. The third kappa shape index (κ3) is 5.87. The van der Waals surface area contributed by atoms with Gasteiger partial charge in [0, 0.05) is 18.8 Å². The first-order chi connectivity index (χ1) is 8.06. The number of hydrogen-bond acceptors (Lipinski definition) is 2. The van der Waals surface area contributed by atoms with E-state index in [2.05, 4.69) is 20.8 Å². The van der Waals surface area contributed by atoms with Crippen molar-refractivity contribution >= 4 is 0 Å². The molecule has 0 heterocycles. The molecule has 1 saturated carbocycles. The maximum absolute atomic E-state index is 6.45. The van der Waals surface area contributed by atoms with Crippen molar-refractivity contribution in [3.05, 3.63) is 0 Å². The Morgan fingerprint density at radius 3 is 2.47 bits per heavy atom. The zero-order valence-corrected chi connectivity index (χ0v) is 12.0. The Hall–Kier alpha value is -0.0800. The number of ether oxygens (including phenoxy) is 1. The molecular formula is C15H31NO. The average molecular weight is 241 g/mol. The second-order valence-corrected chi connectivity index (χ2v) is 6.31. The lowest BCUT2D eigenvalue weighted by Crippen LogP contribution is -2.44. The van der Waals surface area contributed by atoms with Gasteiger partial charge in [0.1, 0.15) is 0 Å². The average Bonchev–Trinajstić information content (AvgIpc) is 2.28. The Morgan fingerprint density at radius 1 is 1.29 bits per heavy atom. The molecule has 102 valence electrons. The molecule has 2 heteroatoms. The van der Waals surface area contributed by atoms with E-state index in [1.807, 2.05) is 0 Å². The Kier molecular flexibility index (Phi) is 6.50. The van der Waals surface area contributed by atoms with Crippen LogP contribution in [0.15, 0.2) is 0 Å². The molecule has 0 saturated heterocycles. The van der Waals surface area contributed by atoms with Crippen LogP contribution >= 0.6 is 0 Å². The van der Waals surface area contributed by atoms with Crippen LogP contribution in [0, 0.1) is 11.8 Å². The normalized spacial score (nSPS) is 29.8. The van der Waals surface area contributed by atoms with Gasteiger partial charge in [0.2, 0.25) is 0 Å². The highest BCUT2D eigenvalue weighted by molar-refractivity contribution is 4.89. The van der Waals surface area contributed by atoms with Crippen molar-refractivity contribution in [1.29, 1.82) is 0 Å². The summed E-state index contributed by atoms with van der Waals surface area (Å²) in [5.74, 6) is 1.57. The topological polar surface area (TPSA) is 35.2 Å². The summed E-state index contributed by atoms with van der Waals surface area (Å²) in [6, 6.07) is 0. The molecule has 1 aliphatic rings. The van der Waals surface area contributed by atoms with Crippen molar-refractivity contribution < 1.29 is 4.74 Å². The van der Waals surface area contributed by atoms with Crippen LogP contribution in [0.3, 0.4) is 0 Å². The summed E-state index contributed by atoms with van der Waals surface area (Å²) in [5, 5.41) is 0. The van der Waals surface area contributed by atoms with Crippen molar-refractivity contribution in [1.82, 2.24) is 0 Å². The van der Waals surface area contributed by atoms with Crippen LogP contribution in [-0.2, 0) is 4.74 Å². The van der Waals surface area contributed by atoms with Gasteiger partial charge in [-0.15, -0.1) is 0 Å². The van der Waals surface area contributed by atoms with Gasteiger partial charge >= 0.3 is 0 Å². The van der Waals surface area contributed by atoms with Crippen LogP contribution in [0.4, 0.5) is 0 Å². The van der Waals surface area contributed by atoms with E-state index in [4.69, 9.17) is 10.5 Å². The van der Waals surface area contributed by atoms with Crippen molar-refractivity contribution in [2.45, 2.75) is 71.3 Å². The lowest BCUT2D eigenvalue weighted by molar-refractivity contribution is 0.0817. The first-order valence-electron chi connectivity index (χ1n) is 7.42. The monoisotopic (exact) mass is 241 g/mol. The van der Waals surface area contributed by atoms with Crippen LogP contribution in [0.25, 0.3) is 0 Å². The Balaban J connectivity index is 2.16. The fraction of sp³-hybridized carbons (Fsp3) is 1.00. The standard InChI is InChI=1S/C15H31NO/c1-4-5-14-6-8-15(16,9-7-14)10-11-17-12-13(2)3/h13-14H,4-12,16H2,1-3H3. The summed E-state index contributed by atoms with van der Waals surface area (Å²) < 4.78 is 5.66. The van der Waals surface area contributed by atoms with Crippen molar-refractivity contribution in [2.75, 3.05) is 13.2 Å². The van der Waals surface area contributed by atoms with Gasteiger partial charge in [0.15, 0.2) is 0 Å². The molecule has 1 rings (SSSR count). The van der Waals surface area contributed by atoms with E-state index in [1.54, 1.807) is 0 Å². The summed E-state index contributed by atoms with van der Waals surface area (Å²) in [7, 11) is 0. The van der Waals surface area contributed by atoms with E-state index in [0.717, 1.165) is 25.6 Å². The molecule has 0 bridgehead atoms. The lowest BCUT2D eigenvalue weighted by Gasteiger charge is -2.37. The Bertz CT molecular complexity index is 195. The van der Waals surface area contributed by atoms with Crippen LogP contribution < -0.4 is 5.73 Å². The maximum atomic E-state index is 6.45. The molecule has 1 fully saturated rings. The van der Waals surface area contributed by atoms with Crippen molar-refractivity contribution in [2.24, 2.45) is 17.6 Å². The Labute approximate surface area is 107 Å². The van der Waals surface area contributed by atoms with Crippen LogP contribution in [0.2, 0.25) is 0 Å². The van der Waals surface area contributed by atoms with Gasteiger partial charge in [-0.2, -0.15) is 0 Å². The van der Waals surface area contributed by atoms with Gasteiger partial charge in [-0.25, -0.2) is 0 Å². The summed E-state index contributed by atoms with van der Waals surface area (Å²) in [6.07, 6.45) is 8.80. The minimum atomic E-state index is 0.0707. The van der Waals surface area contributed by atoms with Gasteiger partial charge in [0.05, 0.1) is 0 Å². The van der Waals surface area contributed by atoms with E-state index >= 15 is 0 Å². The fourth-order valence-corrected chi connectivity index (χ4v) is 2.79. The molecule has 0 amide bonds. The van der Waals surface area contributed by atoms with Gasteiger partial charge < -0.3 is 10.5 Å². The largest absolute Gasteiger partial charge is 0.381 e. The number of nitrogens with two attached hydrogens (primary N) is 1. The van der Waals surface area contributed by atoms with Crippen molar-refractivity contribution in [3.8, 4) is 0 Å². The minimum Gasteiger partial charge on any atom is -0.381 e. The Morgan fingerprint density at radius 2 is 1.94 bits per heavy atom. The molecule has 0 spiro atoms. The third-order valence-electron chi connectivity index (χ3n) is 3.99. The molecule has 0 aromatic heterocycles. The minimum absolute atomic E-state index is 0.0707. The molecule has 0 atom stereocenters. The van der Waals surface area contributed by atoms with E-state index in [-0.39, 0.29) is 5.54 Å². The SMILES string of the molecule is CCCC1CCC(N)(CCOCC(C)C)CC1. The first-order valence-corrected chi connectivity index (χ1v) is 7.42. The molecular weight excluding hydrogens is 210 g/mol. The zero-order chi connectivity index (χ0) is 12.7. The molecule has 0 aliphatic heterocycles. The van der Waals surface area contributed by atoms with Gasteiger partial charge in [0.25, 0.3) is 0 Å². The smallest absolute Gasteiger partial charge is 0.0489 e. The maximum Gasteiger partial charge on any atom is 0.0489 e. The van der Waals surface area contributed by atoms with E-state index < -0.39 is 0 Å². The molecule has 17 heavy (non-hydrogen) atoms. The van der Waals surface area contributed by atoms with Crippen LogP contribution in [-0.4, -0.2) is 18.8 Å². The molecule has 0 unspecified atom stereocenters. The predicted octanol–water partition coefficient (Wildman–Crippen LogP) is 3.74. The summed E-state index contributed by atoms with van der Waals surface area (Å²) in [4.78, 5) is 0. The van der Waals surface area contributed by atoms with E-state index in [0.29, 0.717) is 5.92 Å². The molecule has 1 aliphatic carbocycles. The van der Waals surface area contributed by atoms with Gasteiger partial charge in [-0.1, -0.05) is 33.6 Å². The highest BCUT2D eigenvalue weighted by Gasteiger charge is 2.30. The molecule has 0 aromatic rings. The van der Waals surface area contributed by atoms with E-state index in [9.17, 15) is 0 Å². The molecule has 2 N–H and O–H groups in total. The molecule has 2 nitrogen and oxygen atoms in total. The predicted molar refractivity (Wildman–Crippen MR) is 74.1 cm³/mol. The number of rotatable bonds is 7. The first kappa shape index (κ1) is 15.0. The van der Waals surface area contributed by atoms with Crippen LogP contribution in [0.1, 0.15) is 65.7 Å². The quantitative estimate of drug-likeness (QED) is 0.689. The van der Waals surface area contributed by atoms with Crippen LogP contribution in [0.5, 0.6) is 0 Å². The summed E-state index contributed by atoms with van der Waals surface area (Å²) in [5.41, 5.74) is 6.52. The summed E-state index contributed by atoms with van der Waals surface area (Å²) in [6.45, 7) is 8.37. The molecule has 0 aromatic carbocycles. The van der Waals surface area contributed by atoms with E-state index in [1.165, 1.54) is 38.5 Å². The zero-order valence-electron chi connectivity index (χ0n) is 12.0. The fourth-order valence-electron chi connectivity index (χ4n) is 2.79. The highest BCUT2D eigenvalue weighted by Crippen LogP contribution is 2.34. The third-order valence-corrected chi connectivity index (χ3v) is 3.99. The second kappa shape index (κ2) is 7.38.